The SMILES string of the molecule is O=C(OCn1c(=O)c(F)cn([C@H]2C[C@@H]3OP(=O)(O)OC[C@H]3O2)c1=O)C1CCCN1. The molecule has 2 unspecified atom stereocenters. The number of ether oxygens (including phenoxy) is 2. The molecule has 0 bridgehead atoms. The van der Waals surface area contributed by atoms with Gasteiger partial charge in [-0.25, -0.2) is 13.9 Å². The van der Waals surface area contributed by atoms with E-state index >= 15 is 0 Å². The number of hydrogen-bond acceptors (Lipinski definition) is 9. The molecule has 0 aliphatic carbocycles. The molecule has 12 nitrogen and oxygen atoms in total. The number of halogens is 1. The van der Waals surface area contributed by atoms with Gasteiger partial charge in [0.05, 0.1) is 12.8 Å². The van der Waals surface area contributed by atoms with E-state index in [1.165, 1.54) is 0 Å². The van der Waals surface area contributed by atoms with Gasteiger partial charge >= 0.3 is 19.5 Å². The third-order valence-electron chi connectivity index (χ3n) is 5.00. The van der Waals surface area contributed by atoms with Crippen molar-refractivity contribution in [2.75, 3.05) is 13.2 Å². The maximum absolute atomic E-state index is 14.2. The van der Waals surface area contributed by atoms with Crippen molar-refractivity contribution in [3.05, 3.63) is 32.9 Å². The minimum Gasteiger partial charge on any atom is -0.442 e. The molecule has 0 radical (unpaired) electrons. The van der Waals surface area contributed by atoms with Crippen LogP contribution in [0.5, 0.6) is 0 Å². The Morgan fingerprint density at radius 1 is 1.41 bits per heavy atom. The predicted molar refractivity (Wildman–Crippen MR) is 91.2 cm³/mol. The van der Waals surface area contributed by atoms with Crippen LogP contribution in [0.4, 0.5) is 4.39 Å². The molecule has 1 aromatic rings. The first-order valence-corrected chi connectivity index (χ1v) is 10.5. The summed E-state index contributed by atoms with van der Waals surface area (Å²) in [5.74, 6) is -1.89. The lowest BCUT2D eigenvalue weighted by Gasteiger charge is -2.26. The van der Waals surface area contributed by atoms with E-state index in [-0.39, 0.29) is 13.0 Å². The van der Waals surface area contributed by atoms with E-state index in [2.05, 4.69) is 9.84 Å². The molecule has 0 spiro atoms. The molecule has 0 saturated carbocycles. The van der Waals surface area contributed by atoms with Crippen LogP contribution in [-0.4, -0.2) is 51.4 Å². The third-order valence-corrected chi connectivity index (χ3v) is 6.01. The topological polar surface area (TPSA) is 147 Å². The predicted octanol–water partition coefficient (Wildman–Crippen LogP) is -0.795. The van der Waals surface area contributed by atoms with E-state index in [0.29, 0.717) is 23.7 Å². The minimum atomic E-state index is -4.21. The zero-order valence-corrected chi connectivity index (χ0v) is 16.0. The van der Waals surface area contributed by atoms with E-state index in [9.17, 15) is 28.2 Å². The normalized spacial score (nSPS) is 34.1. The Hall–Kier alpha value is -1.89. The van der Waals surface area contributed by atoms with Crippen molar-refractivity contribution in [2.24, 2.45) is 0 Å². The van der Waals surface area contributed by atoms with Crippen LogP contribution in [0, 0.1) is 5.82 Å². The molecular formula is C15H19FN3O9P. The Labute approximate surface area is 162 Å². The lowest BCUT2D eigenvalue weighted by molar-refractivity contribution is -0.150. The van der Waals surface area contributed by atoms with Crippen molar-refractivity contribution in [3.8, 4) is 0 Å². The average Bonchev–Trinajstić information content (AvgIpc) is 3.33. The number of phosphoric acid groups is 1. The highest BCUT2D eigenvalue weighted by atomic mass is 31.2. The largest absolute Gasteiger partial charge is 0.472 e. The van der Waals surface area contributed by atoms with E-state index in [1.807, 2.05) is 0 Å². The number of carbonyl (C=O) groups excluding carboxylic acids is 1. The van der Waals surface area contributed by atoms with Crippen molar-refractivity contribution in [1.82, 2.24) is 14.5 Å². The maximum atomic E-state index is 14.2. The van der Waals surface area contributed by atoms with Crippen molar-refractivity contribution < 1.29 is 37.2 Å². The van der Waals surface area contributed by atoms with Gasteiger partial charge in [-0.15, -0.1) is 0 Å². The summed E-state index contributed by atoms with van der Waals surface area (Å²) in [5.41, 5.74) is -2.20. The average molecular weight is 435 g/mol. The highest BCUT2D eigenvalue weighted by Gasteiger charge is 2.46. The summed E-state index contributed by atoms with van der Waals surface area (Å²) in [6.07, 6.45) is -0.642. The molecule has 0 aromatic carbocycles. The quantitative estimate of drug-likeness (QED) is 0.455. The van der Waals surface area contributed by atoms with Gasteiger partial charge in [0.2, 0.25) is 5.82 Å². The second-order valence-corrected chi connectivity index (χ2v) is 8.32. The molecular weight excluding hydrogens is 416 g/mol. The van der Waals surface area contributed by atoms with Crippen LogP contribution in [0.1, 0.15) is 25.5 Å². The Balaban J connectivity index is 1.54. The summed E-state index contributed by atoms with van der Waals surface area (Å²) in [5, 5.41) is 2.92. The number of carbonyl (C=O) groups is 1. The molecule has 2 N–H and O–H groups in total. The van der Waals surface area contributed by atoms with Gasteiger partial charge in [0, 0.05) is 6.42 Å². The van der Waals surface area contributed by atoms with Crippen LogP contribution >= 0.6 is 7.82 Å². The Morgan fingerprint density at radius 3 is 2.93 bits per heavy atom. The number of nitrogens with one attached hydrogen (secondary N) is 1. The summed E-state index contributed by atoms with van der Waals surface area (Å²) >= 11 is 0. The van der Waals surface area contributed by atoms with E-state index < -0.39 is 62.1 Å². The third kappa shape index (κ3) is 4.06. The van der Waals surface area contributed by atoms with Gasteiger partial charge in [-0.2, -0.15) is 4.39 Å². The van der Waals surface area contributed by atoms with Gasteiger partial charge in [-0.05, 0) is 19.4 Å². The van der Waals surface area contributed by atoms with Crippen LogP contribution in [0.2, 0.25) is 0 Å². The first-order valence-electron chi connectivity index (χ1n) is 8.98. The molecule has 1 aromatic heterocycles. The van der Waals surface area contributed by atoms with Crippen molar-refractivity contribution in [2.45, 2.75) is 50.5 Å². The van der Waals surface area contributed by atoms with Crippen LogP contribution in [0.15, 0.2) is 15.8 Å². The van der Waals surface area contributed by atoms with Gasteiger partial charge in [0.25, 0.3) is 5.56 Å². The number of rotatable bonds is 4. The van der Waals surface area contributed by atoms with Crippen LogP contribution in [0.25, 0.3) is 0 Å². The highest BCUT2D eigenvalue weighted by molar-refractivity contribution is 7.47. The van der Waals surface area contributed by atoms with Crippen LogP contribution in [-0.2, 0) is 34.6 Å². The molecule has 3 fully saturated rings. The molecule has 29 heavy (non-hydrogen) atoms. The van der Waals surface area contributed by atoms with Crippen LogP contribution in [0.3, 0.4) is 0 Å². The zero-order valence-electron chi connectivity index (χ0n) is 15.1. The van der Waals surface area contributed by atoms with E-state index in [4.69, 9.17) is 14.0 Å². The van der Waals surface area contributed by atoms with Gasteiger partial charge in [-0.3, -0.25) is 23.2 Å². The number of nitrogens with zero attached hydrogens (tertiary/aromatic N) is 2. The standard InChI is InChI=1S/C15H19FN3O9P/c16-8-5-18(12-4-10-11(27-12)6-26-29(23,24)28-10)15(22)19(13(8)20)7-25-14(21)9-2-1-3-17-9/h5,9-12,17H,1-4,6-7H2,(H,23,24)/t9?,10-,11+,12+/m0/s1. The molecule has 3 saturated heterocycles. The number of esters is 1. The summed E-state index contributed by atoms with van der Waals surface area (Å²) in [4.78, 5) is 46.1. The molecule has 14 heteroatoms. The fraction of sp³-hybridized carbons (Fsp3) is 0.667. The minimum absolute atomic E-state index is 0.0398. The fourth-order valence-corrected chi connectivity index (χ4v) is 4.48. The highest BCUT2D eigenvalue weighted by Crippen LogP contribution is 2.52. The van der Waals surface area contributed by atoms with E-state index in [1.54, 1.807) is 0 Å². The zero-order chi connectivity index (χ0) is 20.8. The van der Waals surface area contributed by atoms with Gasteiger partial charge in [0.1, 0.15) is 24.5 Å². The number of hydrogen-bond donors (Lipinski definition) is 2. The molecule has 3 aliphatic heterocycles. The van der Waals surface area contributed by atoms with Gasteiger partial charge in [-0.1, -0.05) is 0 Å². The Kier molecular flexibility index (Phi) is 5.44. The summed E-state index contributed by atoms with van der Waals surface area (Å²) in [6.45, 7) is -0.338. The first-order chi connectivity index (χ1) is 13.7. The maximum Gasteiger partial charge on any atom is 0.472 e. The van der Waals surface area contributed by atoms with Gasteiger partial charge < -0.3 is 19.7 Å². The lowest BCUT2D eigenvalue weighted by atomic mass is 10.2. The van der Waals surface area contributed by atoms with Gasteiger partial charge in [0.15, 0.2) is 6.73 Å². The van der Waals surface area contributed by atoms with Crippen molar-refractivity contribution >= 4 is 13.8 Å². The summed E-state index contributed by atoms with van der Waals surface area (Å²) in [6, 6.07) is -0.533. The number of phosphoric ester groups is 1. The molecule has 4 heterocycles. The molecule has 0 amide bonds. The fourth-order valence-electron chi connectivity index (χ4n) is 3.52. The monoisotopic (exact) mass is 435 g/mol. The second kappa shape index (κ2) is 7.74. The summed E-state index contributed by atoms with van der Waals surface area (Å²) < 4.78 is 47.1. The second-order valence-electron chi connectivity index (χ2n) is 6.91. The molecule has 4 rings (SSSR count). The van der Waals surface area contributed by atoms with Crippen molar-refractivity contribution in [1.29, 1.82) is 0 Å². The first kappa shape index (κ1) is 20.4. The Bertz CT molecular complexity index is 973. The smallest absolute Gasteiger partial charge is 0.442 e. The Morgan fingerprint density at radius 2 is 2.21 bits per heavy atom. The molecule has 3 aliphatic rings. The molecule has 160 valence electrons. The summed E-state index contributed by atoms with van der Waals surface area (Å²) in [7, 11) is -4.21. The van der Waals surface area contributed by atoms with Crippen molar-refractivity contribution in [3.63, 3.8) is 0 Å². The number of aromatic nitrogens is 2. The lowest BCUT2D eigenvalue weighted by Crippen LogP contribution is -2.44. The number of fused-ring (bicyclic) bond motifs is 1. The van der Waals surface area contributed by atoms with E-state index in [0.717, 1.165) is 11.0 Å². The van der Waals surface area contributed by atoms with Crippen LogP contribution < -0.4 is 16.6 Å². The molecule has 5 atom stereocenters.